The van der Waals surface area contributed by atoms with E-state index in [-0.39, 0.29) is 6.04 Å². The van der Waals surface area contributed by atoms with E-state index in [1.807, 2.05) is 0 Å². The average Bonchev–Trinajstić information content (AvgIpc) is 2.63. The predicted molar refractivity (Wildman–Crippen MR) is 66.6 cm³/mol. The van der Waals surface area contributed by atoms with Crippen molar-refractivity contribution >= 4 is 17.2 Å². The summed E-state index contributed by atoms with van der Waals surface area (Å²) in [7, 11) is 0. The average molecular weight is 256 g/mol. The van der Waals surface area contributed by atoms with Gasteiger partial charge in [0, 0.05) is 12.6 Å². The molecule has 1 saturated heterocycles. The maximum atomic E-state index is 13.0. The van der Waals surface area contributed by atoms with Crippen LogP contribution in [0.2, 0.25) is 0 Å². The van der Waals surface area contributed by atoms with E-state index in [4.69, 9.17) is 18.0 Å². The van der Waals surface area contributed by atoms with E-state index in [0.717, 1.165) is 25.5 Å². The first kappa shape index (κ1) is 12.4. The number of nitrogens with zero attached hydrogens (tertiary/aromatic N) is 1. The first-order valence-corrected chi connectivity index (χ1v) is 5.95. The standard InChI is InChI=1S/C12H14F2N2S/c13-9-4-8(5-10(14)6-9)7-16-3-1-2-11(16)12(15)17/h4-6,11H,1-3,7H2,(H2,15,17). The molecule has 0 aliphatic carbocycles. The largest absolute Gasteiger partial charge is 0.392 e. The molecule has 0 bridgehead atoms. The third-order valence-corrected chi connectivity index (χ3v) is 3.27. The van der Waals surface area contributed by atoms with E-state index in [9.17, 15) is 8.78 Å². The predicted octanol–water partition coefficient (Wildman–Crippen LogP) is 2.22. The minimum atomic E-state index is -0.550. The zero-order valence-electron chi connectivity index (χ0n) is 9.33. The van der Waals surface area contributed by atoms with Gasteiger partial charge in [-0.05, 0) is 37.1 Å². The molecule has 0 amide bonds. The van der Waals surface area contributed by atoms with E-state index >= 15 is 0 Å². The molecule has 1 atom stereocenters. The molecule has 1 heterocycles. The first-order valence-electron chi connectivity index (χ1n) is 5.54. The molecule has 2 N–H and O–H groups in total. The summed E-state index contributed by atoms with van der Waals surface area (Å²) < 4.78 is 26.1. The molecule has 5 heteroatoms. The van der Waals surface area contributed by atoms with Crippen molar-refractivity contribution in [2.45, 2.75) is 25.4 Å². The number of hydrogen-bond donors (Lipinski definition) is 1. The second-order valence-electron chi connectivity index (χ2n) is 4.31. The van der Waals surface area contributed by atoms with Gasteiger partial charge < -0.3 is 5.73 Å². The fraction of sp³-hybridized carbons (Fsp3) is 0.417. The number of benzene rings is 1. The van der Waals surface area contributed by atoms with Crippen molar-refractivity contribution in [3.05, 3.63) is 35.4 Å². The molecule has 1 aliphatic rings. The summed E-state index contributed by atoms with van der Waals surface area (Å²) in [6.45, 7) is 1.34. The molecular formula is C12H14F2N2S. The fourth-order valence-corrected chi connectivity index (χ4v) is 2.54. The summed E-state index contributed by atoms with van der Waals surface area (Å²) in [6.07, 6.45) is 1.94. The summed E-state index contributed by atoms with van der Waals surface area (Å²) in [4.78, 5) is 2.52. The van der Waals surface area contributed by atoms with Gasteiger partial charge in [-0.3, -0.25) is 4.90 Å². The highest BCUT2D eigenvalue weighted by Gasteiger charge is 2.26. The van der Waals surface area contributed by atoms with Crippen LogP contribution in [0, 0.1) is 11.6 Å². The molecule has 1 aromatic rings. The van der Waals surface area contributed by atoms with Crippen LogP contribution in [0.4, 0.5) is 8.78 Å². The first-order chi connectivity index (χ1) is 8.06. The van der Waals surface area contributed by atoms with Crippen LogP contribution in [0.15, 0.2) is 18.2 Å². The summed E-state index contributed by atoms with van der Waals surface area (Å²) in [5.41, 5.74) is 6.26. The molecule has 17 heavy (non-hydrogen) atoms. The zero-order chi connectivity index (χ0) is 12.4. The lowest BCUT2D eigenvalue weighted by Crippen LogP contribution is -2.38. The molecule has 0 spiro atoms. The monoisotopic (exact) mass is 256 g/mol. The summed E-state index contributed by atoms with van der Waals surface area (Å²) in [5, 5.41) is 0. The second-order valence-corrected chi connectivity index (χ2v) is 4.78. The number of halogens is 2. The van der Waals surface area contributed by atoms with Gasteiger partial charge in [0.05, 0.1) is 11.0 Å². The Kier molecular flexibility index (Phi) is 3.69. The molecule has 1 aromatic carbocycles. The summed E-state index contributed by atoms with van der Waals surface area (Å²) in [5.74, 6) is -1.10. The van der Waals surface area contributed by atoms with Gasteiger partial charge in [0.1, 0.15) is 11.6 Å². The highest BCUT2D eigenvalue weighted by molar-refractivity contribution is 7.80. The Labute approximate surface area is 104 Å². The van der Waals surface area contributed by atoms with Gasteiger partial charge in [-0.1, -0.05) is 12.2 Å². The van der Waals surface area contributed by atoms with Crippen LogP contribution in [0.5, 0.6) is 0 Å². The Bertz CT molecular complexity index is 416. The fourth-order valence-electron chi connectivity index (χ4n) is 2.27. The zero-order valence-corrected chi connectivity index (χ0v) is 10.1. The van der Waals surface area contributed by atoms with Crippen LogP contribution in [-0.4, -0.2) is 22.5 Å². The minimum Gasteiger partial charge on any atom is -0.392 e. The van der Waals surface area contributed by atoms with Crippen molar-refractivity contribution < 1.29 is 8.78 Å². The molecule has 2 nitrogen and oxygen atoms in total. The van der Waals surface area contributed by atoms with Crippen molar-refractivity contribution in [2.24, 2.45) is 5.73 Å². The molecule has 2 rings (SSSR count). The second kappa shape index (κ2) is 5.06. The van der Waals surface area contributed by atoms with Crippen LogP contribution in [0.1, 0.15) is 18.4 Å². The number of likely N-dealkylation sites (tertiary alicyclic amines) is 1. The van der Waals surface area contributed by atoms with Crippen molar-refractivity contribution in [1.82, 2.24) is 4.90 Å². The lowest BCUT2D eigenvalue weighted by Gasteiger charge is -2.23. The molecule has 1 fully saturated rings. The van der Waals surface area contributed by atoms with Gasteiger partial charge in [0.25, 0.3) is 0 Å². The Hall–Kier alpha value is -1.07. The number of rotatable bonds is 3. The number of nitrogens with two attached hydrogens (primary N) is 1. The number of thiocarbonyl (C=S) groups is 1. The van der Waals surface area contributed by atoms with Crippen LogP contribution < -0.4 is 5.73 Å². The van der Waals surface area contributed by atoms with Gasteiger partial charge in [-0.2, -0.15) is 0 Å². The molecule has 1 aliphatic heterocycles. The molecule has 0 aromatic heterocycles. The van der Waals surface area contributed by atoms with Gasteiger partial charge in [-0.25, -0.2) is 8.78 Å². The van der Waals surface area contributed by atoms with Crippen molar-refractivity contribution in [2.75, 3.05) is 6.54 Å². The van der Waals surface area contributed by atoms with Crippen LogP contribution in [0.3, 0.4) is 0 Å². The Morgan fingerprint density at radius 2 is 2.00 bits per heavy atom. The van der Waals surface area contributed by atoms with Crippen molar-refractivity contribution in [3.8, 4) is 0 Å². The topological polar surface area (TPSA) is 29.3 Å². The number of hydrogen-bond acceptors (Lipinski definition) is 2. The van der Waals surface area contributed by atoms with Crippen molar-refractivity contribution in [1.29, 1.82) is 0 Å². The van der Waals surface area contributed by atoms with E-state index in [1.165, 1.54) is 12.1 Å². The molecule has 1 unspecified atom stereocenters. The van der Waals surface area contributed by atoms with E-state index in [2.05, 4.69) is 4.90 Å². The molecule has 92 valence electrons. The molecule has 0 saturated carbocycles. The third kappa shape index (κ3) is 2.98. The molecule has 0 radical (unpaired) electrons. The summed E-state index contributed by atoms with van der Waals surface area (Å²) >= 11 is 4.99. The van der Waals surface area contributed by atoms with E-state index < -0.39 is 11.6 Å². The van der Waals surface area contributed by atoms with E-state index in [0.29, 0.717) is 17.1 Å². The van der Waals surface area contributed by atoms with Crippen LogP contribution >= 0.6 is 12.2 Å². The Morgan fingerprint density at radius 1 is 1.35 bits per heavy atom. The summed E-state index contributed by atoms with van der Waals surface area (Å²) in [6, 6.07) is 3.62. The molecular weight excluding hydrogens is 242 g/mol. The van der Waals surface area contributed by atoms with Gasteiger partial charge in [-0.15, -0.1) is 0 Å². The quantitative estimate of drug-likeness (QED) is 0.841. The maximum Gasteiger partial charge on any atom is 0.126 e. The van der Waals surface area contributed by atoms with Crippen molar-refractivity contribution in [3.63, 3.8) is 0 Å². The smallest absolute Gasteiger partial charge is 0.126 e. The normalized spacial score (nSPS) is 20.7. The van der Waals surface area contributed by atoms with Crippen LogP contribution in [0.25, 0.3) is 0 Å². The highest BCUT2D eigenvalue weighted by Crippen LogP contribution is 2.21. The Balaban J connectivity index is 2.12. The van der Waals surface area contributed by atoms with Gasteiger partial charge >= 0.3 is 0 Å². The van der Waals surface area contributed by atoms with E-state index in [1.54, 1.807) is 0 Å². The van der Waals surface area contributed by atoms with Gasteiger partial charge in [0.15, 0.2) is 0 Å². The Morgan fingerprint density at radius 3 is 2.59 bits per heavy atom. The van der Waals surface area contributed by atoms with Crippen LogP contribution in [-0.2, 0) is 6.54 Å². The lowest BCUT2D eigenvalue weighted by molar-refractivity contribution is 0.294. The van der Waals surface area contributed by atoms with Gasteiger partial charge in [0.2, 0.25) is 0 Å². The lowest BCUT2D eigenvalue weighted by atomic mass is 10.1. The third-order valence-electron chi connectivity index (χ3n) is 3.00. The minimum absolute atomic E-state index is 0.0522. The maximum absolute atomic E-state index is 13.0. The SMILES string of the molecule is NC(=S)C1CCCN1Cc1cc(F)cc(F)c1. The highest BCUT2D eigenvalue weighted by atomic mass is 32.1.